The standard InChI is InChI=1S/C12H17ClN2O/c1-12(2,14)11(16)15-8-7-9-3-5-10(13)6-4-9/h3-6H,7-8,14H2,1-2H3,(H,15,16). The van der Waals surface area contributed by atoms with Gasteiger partial charge in [0.15, 0.2) is 0 Å². The lowest BCUT2D eigenvalue weighted by molar-refractivity contribution is -0.125. The molecule has 0 saturated carbocycles. The molecule has 0 aromatic heterocycles. The van der Waals surface area contributed by atoms with Gasteiger partial charge in [0.25, 0.3) is 0 Å². The van der Waals surface area contributed by atoms with E-state index >= 15 is 0 Å². The third-order valence-corrected chi connectivity index (χ3v) is 2.45. The van der Waals surface area contributed by atoms with Gasteiger partial charge in [-0.2, -0.15) is 0 Å². The van der Waals surface area contributed by atoms with E-state index < -0.39 is 5.54 Å². The van der Waals surface area contributed by atoms with Gasteiger partial charge >= 0.3 is 0 Å². The summed E-state index contributed by atoms with van der Waals surface area (Å²) in [6.07, 6.45) is 0.777. The topological polar surface area (TPSA) is 55.1 Å². The van der Waals surface area contributed by atoms with Gasteiger partial charge < -0.3 is 11.1 Å². The van der Waals surface area contributed by atoms with Crippen LogP contribution in [-0.4, -0.2) is 18.0 Å². The van der Waals surface area contributed by atoms with Crippen molar-refractivity contribution in [3.8, 4) is 0 Å². The first-order valence-electron chi connectivity index (χ1n) is 5.21. The first-order valence-corrected chi connectivity index (χ1v) is 5.59. The van der Waals surface area contributed by atoms with Crippen molar-refractivity contribution in [3.05, 3.63) is 34.9 Å². The van der Waals surface area contributed by atoms with Gasteiger partial charge in [0.1, 0.15) is 0 Å². The number of rotatable bonds is 4. The predicted molar refractivity (Wildman–Crippen MR) is 66.4 cm³/mol. The number of carbonyl (C=O) groups is 1. The average Bonchev–Trinajstić information content (AvgIpc) is 2.19. The fourth-order valence-corrected chi connectivity index (χ4v) is 1.33. The summed E-state index contributed by atoms with van der Waals surface area (Å²) in [5, 5.41) is 3.51. The van der Waals surface area contributed by atoms with Gasteiger partial charge in [-0.25, -0.2) is 0 Å². The van der Waals surface area contributed by atoms with Crippen molar-refractivity contribution < 1.29 is 4.79 Å². The van der Waals surface area contributed by atoms with Crippen LogP contribution in [0.25, 0.3) is 0 Å². The van der Waals surface area contributed by atoms with Crippen LogP contribution in [0.1, 0.15) is 19.4 Å². The van der Waals surface area contributed by atoms with Crippen molar-refractivity contribution in [1.82, 2.24) is 5.32 Å². The van der Waals surface area contributed by atoms with Gasteiger partial charge in [0.2, 0.25) is 5.91 Å². The molecule has 0 aliphatic rings. The number of halogens is 1. The van der Waals surface area contributed by atoms with Crippen molar-refractivity contribution in [2.45, 2.75) is 25.8 Å². The minimum Gasteiger partial charge on any atom is -0.354 e. The smallest absolute Gasteiger partial charge is 0.239 e. The van der Waals surface area contributed by atoms with Crippen LogP contribution in [0.4, 0.5) is 0 Å². The summed E-state index contributed by atoms with van der Waals surface area (Å²) in [5.74, 6) is -0.138. The summed E-state index contributed by atoms with van der Waals surface area (Å²) in [7, 11) is 0. The second-order valence-electron chi connectivity index (χ2n) is 4.35. The lowest BCUT2D eigenvalue weighted by atomic mass is 10.1. The summed E-state index contributed by atoms with van der Waals surface area (Å²) in [6, 6.07) is 7.57. The number of nitrogens with one attached hydrogen (secondary N) is 1. The Morgan fingerprint density at radius 3 is 2.44 bits per heavy atom. The molecule has 0 heterocycles. The van der Waals surface area contributed by atoms with Crippen molar-refractivity contribution in [3.63, 3.8) is 0 Å². The molecule has 1 aromatic carbocycles. The van der Waals surface area contributed by atoms with Crippen LogP contribution in [0.3, 0.4) is 0 Å². The van der Waals surface area contributed by atoms with E-state index in [0.717, 1.165) is 17.0 Å². The van der Waals surface area contributed by atoms with Gasteiger partial charge in [-0.15, -0.1) is 0 Å². The molecule has 0 fully saturated rings. The number of amides is 1. The van der Waals surface area contributed by atoms with E-state index in [4.69, 9.17) is 17.3 Å². The van der Waals surface area contributed by atoms with Crippen LogP contribution in [0.5, 0.6) is 0 Å². The zero-order chi connectivity index (χ0) is 12.2. The highest BCUT2D eigenvalue weighted by Gasteiger charge is 2.20. The average molecular weight is 241 g/mol. The molecular weight excluding hydrogens is 224 g/mol. The molecule has 1 amide bonds. The molecule has 0 atom stereocenters. The van der Waals surface area contributed by atoms with Gasteiger partial charge in [-0.1, -0.05) is 23.7 Å². The Balaban J connectivity index is 2.36. The number of benzene rings is 1. The van der Waals surface area contributed by atoms with Crippen LogP contribution >= 0.6 is 11.6 Å². The van der Waals surface area contributed by atoms with E-state index in [1.165, 1.54) is 0 Å². The van der Waals surface area contributed by atoms with E-state index in [2.05, 4.69) is 5.32 Å². The van der Waals surface area contributed by atoms with E-state index in [-0.39, 0.29) is 5.91 Å². The fraction of sp³-hybridized carbons (Fsp3) is 0.417. The van der Waals surface area contributed by atoms with E-state index in [0.29, 0.717) is 6.54 Å². The highest BCUT2D eigenvalue weighted by molar-refractivity contribution is 6.30. The van der Waals surface area contributed by atoms with Gasteiger partial charge in [0.05, 0.1) is 5.54 Å². The zero-order valence-corrected chi connectivity index (χ0v) is 10.3. The quantitative estimate of drug-likeness (QED) is 0.842. The molecule has 16 heavy (non-hydrogen) atoms. The Labute approximate surface area is 101 Å². The highest BCUT2D eigenvalue weighted by Crippen LogP contribution is 2.09. The van der Waals surface area contributed by atoms with Crippen LogP contribution in [0.15, 0.2) is 24.3 Å². The van der Waals surface area contributed by atoms with Gasteiger partial charge in [-0.05, 0) is 38.0 Å². The molecule has 0 radical (unpaired) electrons. The molecule has 4 heteroatoms. The number of hydrogen-bond acceptors (Lipinski definition) is 2. The second kappa shape index (κ2) is 5.32. The highest BCUT2D eigenvalue weighted by atomic mass is 35.5. The molecule has 88 valence electrons. The number of carbonyl (C=O) groups excluding carboxylic acids is 1. The molecule has 0 saturated heterocycles. The summed E-state index contributed by atoms with van der Waals surface area (Å²) >= 11 is 5.77. The lowest BCUT2D eigenvalue weighted by Gasteiger charge is -2.17. The molecule has 3 nitrogen and oxygen atoms in total. The molecule has 0 bridgehead atoms. The largest absolute Gasteiger partial charge is 0.354 e. The maximum Gasteiger partial charge on any atom is 0.239 e. The Kier molecular flexibility index (Phi) is 4.33. The molecule has 1 aromatic rings. The summed E-state index contributed by atoms with van der Waals surface area (Å²) in [6.45, 7) is 3.95. The molecule has 3 N–H and O–H groups in total. The predicted octanol–water partition coefficient (Wildman–Crippen LogP) is 1.74. The lowest BCUT2D eigenvalue weighted by Crippen LogP contribution is -2.49. The van der Waals surface area contributed by atoms with Crippen molar-refractivity contribution in [1.29, 1.82) is 0 Å². The van der Waals surface area contributed by atoms with Crippen molar-refractivity contribution >= 4 is 17.5 Å². The third-order valence-electron chi connectivity index (χ3n) is 2.20. The Bertz CT molecular complexity index is 354. The van der Waals surface area contributed by atoms with Gasteiger partial charge in [0, 0.05) is 11.6 Å². The Morgan fingerprint density at radius 1 is 1.38 bits per heavy atom. The summed E-state index contributed by atoms with van der Waals surface area (Å²) in [4.78, 5) is 11.5. The molecule has 1 rings (SSSR count). The Morgan fingerprint density at radius 2 is 1.94 bits per heavy atom. The number of nitrogens with two attached hydrogens (primary N) is 1. The van der Waals surface area contributed by atoms with Crippen LogP contribution in [0.2, 0.25) is 5.02 Å². The first kappa shape index (κ1) is 13.0. The van der Waals surface area contributed by atoms with Crippen molar-refractivity contribution in [2.24, 2.45) is 5.73 Å². The van der Waals surface area contributed by atoms with Gasteiger partial charge in [-0.3, -0.25) is 4.79 Å². The SMILES string of the molecule is CC(C)(N)C(=O)NCCc1ccc(Cl)cc1. The zero-order valence-electron chi connectivity index (χ0n) is 9.59. The number of hydrogen-bond donors (Lipinski definition) is 2. The van der Waals surface area contributed by atoms with E-state index in [1.54, 1.807) is 13.8 Å². The van der Waals surface area contributed by atoms with E-state index in [9.17, 15) is 4.79 Å². The maximum atomic E-state index is 11.5. The normalized spacial score (nSPS) is 11.2. The van der Waals surface area contributed by atoms with Crippen LogP contribution in [-0.2, 0) is 11.2 Å². The van der Waals surface area contributed by atoms with Crippen molar-refractivity contribution in [2.75, 3.05) is 6.54 Å². The third kappa shape index (κ3) is 4.21. The second-order valence-corrected chi connectivity index (χ2v) is 4.79. The molecule has 0 unspecified atom stereocenters. The molecule has 0 aliphatic carbocycles. The minimum atomic E-state index is -0.819. The summed E-state index contributed by atoms with van der Waals surface area (Å²) < 4.78 is 0. The summed E-state index contributed by atoms with van der Waals surface area (Å²) in [5.41, 5.74) is 5.97. The first-order chi connectivity index (χ1) is 7.39. The van der Waals surface area contributed by atoms with E-state index in [1.807, 2.05) is 24.3 Å². The minimum absolute atomic E-state index is 0.138. The monoisotopic (exact) mass is 240 g/mol. The van der Waals surface area contributed by atoms with Crippen LogP contribution in [0, 0.1) is 0 Å². The fourth-order valence-electron chi connectivity index (χ4n) is 1.20. The maximum absolute atomic E-state index is 11.5. The Hall–Kier alpha value is -1.06. The molecule has 0 aliphatic heterocycles. The molecule has 0 spiro atoms. The molecular formula is C12H17ClN2O. The van der Waals surface area contributed by atoms with Crippen LogP contribution < -0.4 is 11.1 Å².